The van der Waals surface area contributed by atoms with Crippen LogP contribution < -0.4 is 0 Å². The van der Waals surface area contributed by atoms with Gasteiger partial charge in [0.15, 0.2) is 12.4 Å². The van der Waals surface area contributed by atoms with Crippen molar-refractivity contribution in [2.45, 2.75) is 37.3 Å². The largest absolute Gasteiger partial charge is 0.397 e. The Balaban J connectivity index is 2.13. The first-order valence-corrected chi connectivity index (χ1v) is 8.12. The van der Waals surface area contributed by atoms with Crippen LogP contribution in [-0.4, -0.2) is 65.6 Å². The van der Waals surface area contributed by atoms with E-state index in [1.54, 1.807) is 30.3 Å². The van der Waals surface area contributed by atoms with E-state index in [2.05, 4.69) is 4.18 Å². The molecule has 10 heteroatoms. The smallest absolute Gasteiger partial charge is 0.394 e. The predicted octanol–water partition coefficient (Wildman–Crippen LogP) is -1.17. The third kappa shape index (κ3) is 4.93. The Bertz CT molecular complexity index is 591. The summed E-state index contributed by atoms with van der Waals surface area (Å²) in [5.41, 5.74) is 0.739. The zero-order valence-electron chi connectivity index (χ0n) is 11.9. The molecule has 23 heavy (non-hydrogen) atoms. The van der Waals surface area contributed by atoms with Crippen LogP contribution in [0.2, 0.25) is 0 Å². The molecular weight excluding hydrogens is 332 g/mol. The molecule has 5 atom stereocenters. The van der Waals surface area contributed by atoms with Gasteiger partial charge in [0.2, 0.25) is 0 Å². The Labute approximate surface area is 133 Å². The summed E-state index contributed by atoms with van der Waals surface area (Å²) in [6, 6.07) is 8.82. The molecule has 1 aliphatic rings. The van der Waals surface area contributed by atoms with E-state index in [4.69, 9.17) is 19.1 Å². The van der Waals surface area contributed by atoms with Gasteiger partial charge in [0.25, 0.3) is 0 Å². The van der Waals surface area contributed by atoms with Gasteiger partial charge in [0, 0.05) is 0 Å². The summed E-state index contributed by atoms with van der Waals surface area (Å²) in [7, 11) is -4.91. The lowest BCUT2D eigenvalue weighted by atomic mass is 9.99. The molecule has 1 heterocycles. The van der Waals surface area contributed by atoms with Gasteiger partial charge in [-0.25, -0.2) is 4.18 Å². The maximum absolute atomic E-state index is 10.9. The Morgan fingerprint density at radius 3 is 2.35 bits per heavy atom. The second-order valence-corrected chi connectivity index (χ2v) is 6.04. The first-order valence-electron chi connectivity index (χ1n) is 6.75. The highest BCUT2D eigenvalue weighted by Gasteiger charge is 2.47. The van der Waals surface area contributed by atoms with Crippen LogP contribution in [0.1, 0.15) is 5.56 Å². The number of hydrogen-bond acceptors (Lipinski definition) is 8. The van der Waals surface area contributed by atoms with E-state index in [1.807, 2.05) is 0 Å². The molecule has 2 rings (SSSR count). The molecule has 0 aromatic heterocycles. The van der Waals surface area contributed by atoms with Crippen molar-refractivity contribution >= 4 is 10.4 Å². The number of rotatable bonds is 6. The van der Waals surface area contributed by atoms with E-state index < -0.39 is 47.7 Å². The van der Waals surface area contributed by atoms with Crippen molar-refractivity contribution in [3.8, 4) is 0 Å². The topological polar surface area (TPSA) is 143 Å². The van der Waals surface area contributed by atoms with Gasteiger partial charge in [-0.3, -0.25) is 4.55 Å². The Kier molecular flexibility index (Phi) is 6.06. The first kappa shape index (κ1) is 18.2. The molecule has 0 unspecified atom stereocenters. The molecule has 0 spiro atoms. The Morgan fingerprint density at radius 2 is 1.78 bits per heavy atom. The molecule has 0 saturated carbocycles. The second kappa shape index (κ2) is 7.64. The molecule has 1 aromatic carbocycles. The lowest BCUT2D eigenvalue weighted by Crippen LogP contribution is -2.60. The van der Waals surface area contributed by atoms with Crippen molar-refractivity contribution in [2.24, 2.45) is 0 Å². The van der Waals surface area contributed by atoms with Crippen molar-refractivity contribution in [1.29, 1.82) is 0 Å². The quantitative estimate of drug-likeness (QED) is 0.467. The third-order valence-corrected chi connectivity index (χ3v) is 3.78. The van der Waals surface area contributed by atoms with Crippen LogP contribution >= 0.6 is 0 Å². The predicted molar refractivity (Wildman–Crippen MR) is 75.4 cm³/mol. The van der Waals surface area contributed by atoms with Crippen molar-refractivity contribution in [3.63, 3.8) is 0 Å². The molecule has 1 fully saturated rings. The summed E-state index contributed by atoms with van der Waals surface area (Å²) in [6.07, 6.45) is -7.65. The maximum Gasteiger partial charge on any atom is 0.397 e. The molecule has 1 aliphatic heterocycles. The zero-order valence-corrected chi connectivity index (χ0v) is 12.7. The monoisotopic (exact) mass is 350 g/mol. The summed E-state index contributed by atoms with van der Waals surface area (Å²) in [4.78, 5) is 0. The summed E-state index contributed by atoms with van der Waals surface area (Å²) >= 11 is 0. The summed E-state index contributed by atoms with van der Waals surface area (Å²) in [6.45, 7) is -0.625. The van der Waals surface area contributed by atoms with Gasteiger partial charge in [-0.15, -0.1) is 0 Å². The number of aliphatic hydroxyl groups excluding tert-OH is 3. The van der Waals surface area contributed by atoms with Crippen LogP contribution in [0, 0.1) is 0 Å². The van der Waals surface area contributed by atoms with Gasteiger partial charge >= 0.3 is 10.4 Å². The van der Waals surface area contributed by atoms with Gasteiger partial charge in [0.1, 0.15) is 18.3 Å². The minimum atomic E-state index is -4.91. The van der Waals surface area contributed by atoms with E-state index >= 15 is 0 Å². The standard InChI is InChI=1S/C13H18O9S/c14-6-9-10(15)11(16)12(22-23(17,18)19)13(21-9)20-7-8-4-2-1-3-5-8/h1-5,9-16H,6-7H2,(H,17,18,19)/t9-,10+,11+,12-,13-/m1/s1. The molecule has 0 radical (unpaired) electrons. The van der Waals surface area contributed by atoms with Crippen LogP contribution in [0.5, 0.6) is 0 Å². The van der Waals surface area contributed by atoms with Crippen LogP contribution in [0.25, 0.3) is 0 Å². The lowest BCUT2D eigenvalue weighted by Gasteiger charge is -2.40. The number of benzene rings is 1. The van der Waals surface area contributed by atoms with Crippen LogP contribution in [0.15, 0.2) is 30.3 Å². The van der Waals surface area contributed by atoms with E-state index in [0.29, 0.717) is 0 Å². The van der Waals surface area contributed by atoms with E-state index in [9.17, 15) is 18.6 Å². The highest BCUT2D eigenvalue weighted by atomic mass is 32.3. The van der Waals surface area contributed by atoms with E-state index in [1.165, 1.54) is 0 Å². The van der Waals surface area contributed by atoms with Gasteiger partial charge in [0.05, 0.1) is 13.2 Å². The summed E-state index contributed by atoms with van der Waals surface area (Å²) < 4.78 is 45.5. The fourth-order valence-electron chi connectivity index (χ4n) is 2.19. The normalized spacial score (nSPS) is 31.9. The molecule has 1 saturated heterocycles. The zero-order chi connectivity index (χ0) is 17.0. The molecule has 0 bridgehead atoms. The lowest BCUT2D eigenvalue weighted by molar-refractivity contribution is -0.298. The third-order valence-electron chi connectivity index (χ3n) is 3.31. The summed E-state index contributed by atoms with van der Waals surface area (Å²) in [5.74, 6) is 0. The van der Waals surface area contributed by atoms with Crippen molar-refractivity contribution < 1.29 is 41.9 Å². The molecule has 130 valence electrons. The molecule has 1 aromatic rings. The second-order valence-electron chi connectivity index (χ2n) is 4.99. The average molecular weight is 350 g/mol. The molecule has 9 nitrogen and oxygen atoms in total. The average Bonchev–Trinajstić information content (AvgIpc) is 2.51. The fraction of sp³-hybridized carbons (Fsp3) is 0.538. The van der Waals surface area contributed by atoms with E-state index in [-0.39, 0.29) is 6.61 Å². The number of ether oxygens (including phenoxy) is 2. The Hall–Kier alpha value is -1.11. The minimum absolute atomic E-state index is 0.00218. The van der Waals surface area contributed by atoms with Crippen molar-refractivity contribution in [1.82, 2.24) is 0 Å². The van der Waals surface area contributed by atoms with Gasteiger partial charge in [-0.1, -0.05) is 30.3 Å². The molecule has 4 N–H and O–H groups in total. The van der Waals surface area contributed by atoms with Gasteiger partial charge in [-0.05, 0) is 5.56 Å². The van der Waals surface area contributed by atoms with Crippen molar-refractivity contribution in [2.75, 3.05) is 6.61 Å². The fourth-order valence-corrected chi connectivity index (χ4v) is 2.67. The molecule has 0 amide bonds. The van der Waals surface area contributed by atoms with Crippen LogP contribution in [0.4, 0.5) is 0 Å². The van der Waals surface area contributed by atoms with E-state index in [0.717, 1.165) is 5.56 Å². The maximum atomic E-state index is 10.9. The molecule has 0 aliphatic carbocycles. The van der Waals surface area contributed by atoms with Crippen molar-refractivity contribution in [3.05, 3.63) is 35.9 Å². The first-order chi connectivity index (χ1) is 10.8. The van der Waals surface area contributed by atoms with Crippen LogP contribution in [0.3, 0.4) is 0 Å². The summed E-state index contributed by atoms with van der Waals surface area (Å²) in [5, 5.41) is 28.8. The number of aliphatic hydroxyl groups is 3. The minimum Gasteiger partial charge on any atom is -0.394 e. The highest BCUT2D eigenvalue weighted by Crippen LogP contribution is 2.26. The number of hydrogen-bond donors (Lipinski definition) is 4. The SMILES string of the molecule is O=S(=O)(O)O[C@H]1[C@H](OCc2ccccc2)O[C@H](CO)[C@H](O)[C@@H]1O. The van der Waals surface area contributed by atoms with Crippen LogP contribution in [-0.2, 0) is 30.7 Å². The Morgan fingerprint density at radius 1 is 1.13 bits per heavy atom. The van der Waals surface area contributed by atoms with Gasteiger partial charge < -0.3 is 24.8 Å². The van der Waals surface area contributed by atoms with Gasteiger partial charge in [-0.2, -0.15) is 8.42 Å². The molecular formula is C13H18O9S. The highest BCUT2D eigenvalue weighted by molar-refractivity contribution is 7.80.